The minimum atomic E-state index is -4.57. The SMILES string of the molecule is Cc1ccc(S(=O)(=O)N2C[C-]2C(F)(F)F)cc1.[Li+]. The maximum Gasteiger partial charge on any atom is 1.00 e. The Morgan fingerprint density at radius 3 is 2.11 bits per heavy atom. The van der Waals surface area contributed by atoms with E-state index in [4.69, 9.17) is 0 Å². The monoisotopic (exact) mass is 271 g/mol. The second-order valence-corrected chi connectivity index (χ2v) is 5.63. The zero-order chi connectivity index (χ0) is 12.8. The third kappa shape index (κ3) is 2.91. The Bertz CT molecular complexity index is 527. The van der Waals surface area contributed by atoms with Gasteiger partial charge in [-0.1, -0.05) is 17.7 Å². The van der Waals surface area contributed by atoms with Crippen molar-refractivity contribution in [2.75, 3.05) is 6.54 Å². The summed E-state index contributed by atoms with van der Waals surface area (Å²) in [6, 6.07) is 4.68. The van der Waals surface area contributed by atoms with E-state index >= 15 is 0 Å². The van der Waals surface area contributed by atoms with E-state index in [1.54, 1.807) is 19.1 Å². The van der Waals surface area contributed by atoms with E-state index in [0.29, 0.717) is 4.31 Å². The number of sulfonamides is 1. The molecule has 0 spiro atoms. The first-order chi connectivity index (χ1) is 7.73. The Morgan fingerprint density at radius 1 is 1.22 bits per heavy atom. The quantitative estimate of drug-likeness (QED) is 0.397. The van der Waals surface area contributed by atoms with Gasteiger partial charge in [0.15, 0.2) is 0 Å². The van der Waals surface area contributed by atoms with Crippen LogP contribution in [0.2, 0.25) is 0 Å². The fourth-order valence-corrected chi connectivity index (χ4v) is 2.82. The molecule has 0 aromatic heterocycles. The maximum absolute atomic E-state index is 12.3. The summed E-state index contributed by atoms with van der Waals surface area (Å²) < 4.78 is 60.7. The molecule has 1 aliphatic rings. The zero-order valence-corrected chi connectivity index (χ0v) is 10.6. The molecule has 0 bridgehead atoms. The van der Waals surface area contributed by atoms with Crippen molar-refractivity contribution in [1.29, 1.82) is 0 Å². The average Bonchev–Trinajstić information content (AvgIpc) is 2.96. The van der Waals surface area contributed by atoms with Crippen molar-refractivity contribution >= 4 is 10.0 Å². The summed E-state index contributed by atoms with van der Waals surface area (Å²) in [5, 5.41) is 0. The van der Waals surface area contributed by atoms with Gasteiger partial charge in [-0.3, -0.25) is 0 Å². The molecular formula is C10H9F3LiNO2S. The molecule has 3 nitrogen and oxygen atoms in total. The molecule has 0 N–H and O–H groups in total. The molecule has 1 fully saturated rings. The van der Waals surface area contributed by atoms with Gasteiger partial charge < -0.3 is 4.31 Å². The number of rotatable bonds is 2. The molecule has 8 heteroatoms. The summed E-state index contributed by atoms with van der Waals surface area (Å²) in [6.45, 7) is 1.20. The minimum absolute atomic E-state index is 0. The predicted octanol–water partition coefficient (Wildman–Crippen LogP) is -0.902. The molecule has 1 aliphatic heterocycles. The van der Waals surface area contributed by atoms with Crippen molar-refractivity contribution in [3.63, 3.8) is 0 Å². The Kier molecular flexibility index (Phi) is 4.23. The zero-order valence-electron chi connectivity index (χ0n) is 9.82. The summed E-state index contributed by atoms with van der Waals surface area (Å²) in [5.41, 5.74) is 0.842. The number of alkyl halides is 3. The molecule has 2 rings (SSSR count). The molecule has 94 valence electrons. The van der Waals surface area contributed by atoms with Crippen LogP contribution >= 0.6 is 0 Å². The van der Waals surface area contributed by atoms with Gasteiger partial charge in [0.25, 0.3) is 6.18 Å². The smallest absolute Gasteiger partial charge is 0.362 e. The van der Waals surface area contributed by atoms with Crippen LogP contribution in [0.4, 0.5) is 13.2 Å². The van der Waals surface area contributed by atoms with Gasteiger partial charge in [0.1, 0.15) is 0 Å². The van der Waals surface area contributed by atoms with E-state index in [2.05, 4.69) is 0 Å². The van der Waals surface area contributed by atoms with E-state index < -0.39 is 28.8 Å². The van der Waals surface area contributed by atoms with E-state index in [1.807, 2.05) is 0 Å². The molecule has 1 aromatic carbocycles. The molecule has 1 aromatic rings. The molecule has 0 amide bonds. The van der Waals surface area contributed by atoms with E-state index in [0.717, 1.165) is 5.56 Å². The van der Waals surface area contributed by atoms with Gasteiger partial charge in [-0.25, -0.2) is 21.6 Å². The molecule has 18 heavy (non-hydrogen) atoms. The molecule has 0 aliphatic carbocycles. The van der Waals surface area contributed by atoms with Crippen molar-refractivity contribution in [1.82, 2.24) is 4.31 Å². The molecule has 0 radical (unpaired) electrons. The van der Waals surface area contributed by atoms with Crippen LogP contribution in [0.1, 0.15) is 5.56 Å². The normalized spacial score (nSPS) is 20.3. The number of hydrogen-bond donors (Lipinski definition) is 0. The van der Waals surface area contributed by atoms with Gasteiger partial charge in [0, 0.05) is 0 Å². The van der Waals surface area contributed by atoms with Gasteiger partial charge in [-0.15, -0.1) is 12.6 Å². The molecular weight excluding hydrogens is 262 g/mol. The third-order valence-corrected chi connectivity index (χ3v) is 4.22. The van der Waals surface area contributed by atoms with Gasteiger partial charge in [0.05, 0.1) is 4.90 Å². The first-order valence-corrected chi connectivity index (χ1v) is 6.19. The second-order valence-electron chi connectivity index (χ2n) is 3.77. The Balaban J connectivity index is 0.00000162. The van der Waals surface area contributed by atoms with Gasteiger partial charge in [-0.2, -0.15) is 0 Å². The first-order valence-electron chi connectivity index (χ1n) is 4.75. The van der Waals surface area contributed by atoms with Crippen molar-refractivity contribution in [3.05, 3.63) is 35.9 Å². The van der Waals surface area contributed by atoms with Crippen LogP contribution in [-0.2, 0) is 10.0 Å². The van der Waals surface area contributed by atoms with E-state index in [1.165, 1.54) is 12.1 Å². The van der Waals surface area contributed by atoms with Crippen molar-refractivity contribution in [2.24, 2.45) is 0 Å². The molecule has 0 saturated carbocycles. The Labute approximate surface area is 115 Å². The number of benzene rings is 1. The third-order valence-electron chi connectivity index (χ3n) is 2.43. The molecule has 1 saturated heterocycles. The molecule has 1 unspecified atom stereocenters. The van der Waals surface area contributed by atoms with Crippen LogP contribution in [0.3, 0.4) is 0 Å². The van der Waals surface area contributed by atoms with E-state index in [-0.39, 0.29) is 23.8 Å². The fourth-order valence-electron chi connectivity index (χ4n) is 1.40. The average molecular weight is 271 g/mol. The second kappa shape index (κ2) is 4.89. The van der Waals surface area contributed by atoms with Crippen molar-refractivity contribution in [2.45, 2.75) is 18.0 Å². The molecule has 1 atom stereocenters. The number of nitrogens with zero attached hydrogens (tertiary/aromatic N) is 1. The predicted molar refractivity (Wildman–Crippen MR) is 54.4 cm³/mol. The summed E-state index contributed by atoms with van der Waals surface area (Å²) in [5.74, 6) is 0. The van der Waals surface area contributed by atoms with Crippen LogP contribution in [0.5, 0.6) is 0 Å². The first kappa shape index (κ1) is 15.6. The van der Waals surface area contributed by atoms with Crippen molar-refractivity contribution < 1.29 is 40.4 Å². The van der Waals surface area contributed by atoms with Crippen molar-refractivity contribution in [3.8, 4) is 0 Å². The summed E-state index contributed by atoms with van der Waals surface area (Å²) >= 11 is 0. The van der Waals surface area contributed by atoms with Crippen LogP contribution in [0, 0.1) is 13.0 Å². The summed E-state index contributed by atoms with van der Waals surface area (Å²) in [6.07, 6.45) is -4.57. The van der Waals surface area contributed by atoms with Crippen LogP contribution < -0.4 is 18.9 Å². The maximum atomic E-state index is 12.3. The topological polar surface area (TPSA) is 37.1 Å². The number of aryl methyl sites for hydroxylation is 1. The Morgan fingerprint density at radius 2 is 1.72 bits per heavy atom. The standard InChI is InChI=1S/C10H9F3NO2S.Li/c1-7-2-4-8(5-3-7)17(15,16)14-6-9(14)10(11,12)13;/h2-5H,6H2,1H3;/q-1;+1. The van der Waals surface area contributed by atoms with Crippen LogP contribution in [0.15, 0.2) is 29.2 Å². The fraction of sp³-hybridized carbons (Fsp3) is 0.300. The Hall–Kier alpha value is -0.483. The summed E-state index contributed by atoms with van der Waals surface area (Å²) in [7, 11) is -4.04. The minimum Gasteiger partial charge on any atom is -0.362 e. The van der Waals surface area contributed by atoms with Gasteiger partial charge in [-0.05, 0) is 19.1 Å². The number of halogens is 3. The van der Waals surface area contributed by atoms with E-state index in [9.17, 15) is 21.6 Å². The largest absolute Gasteiger partial charge is 1.00 e. The van der Waals surface area contributed by atoms with Gasteiger partial charge >= 0.3 is 18.9 Å². The van der Waals surface area contributed by atoms with Crippen LogP contribution in [0.25, 0.3) is 0 Å². The molecule has 1 heterocycles. The van der Waals surface area contributed by atoms with Crippen LogP contribution in [-0.4, -0.2) is 25.4 Å². The number of hydrogen-bond acceptors (Lipinski definition) is 2. The van der Waals surface area contributed by atoms with Gasteiger partial charge in [0.2, 0.25) is 10.0 Å². The summed E-state index contributed by atoms with van der Waals surface area (Å²) in [4.78, 5) is -0.123.